The number of carboxylic acids is 1. The Hall–Kier alpha value is -3.35. The molecule has 0 aliphatic heterocycles. The Kier molecular flexibility index (Phi) is 7.43. The number of carbonyl (C=O) groups is 3. The van der Waals surface area contributed by atoms with Crippen LogP contribution in [0.2, 0.25) is 0 Å². The van der Waals surface area contributed by atoms with E-state index in [9.17, 15) is 19.5 Å². The molecule has 7 heteroatoms. The summed E-state index contributed by atoms with van der Waals surface area (Å²) in [7, 11) is 0. The van der Waals surface area contributed by atoms with E-state index in [0.717, 1.165) is 12.8 Å². The van der Waals surface area contributed by atoms with E-state index in [-0.39, 0.29) is 36.9 Å². The summed E-state index contributed by atoms with van der Waals surface area (Å²) in [5, 5.41) is 15.1. The van der Waals surface area contributed by atoms with Crippen LogP contribution < -0.4 is 10.6 Å². The lowest BCUT2D eigenvalue weighted by molar-refractivity contribution is -0.148. The number of rotatable bonds is 9. The van der Waals surface area contributed by atoms with Gasteiger partial charge in [-0.3, -0.25) is 9.59 Å². The van der Waals surface area contributed by atoms with Crippen molar-refractivity contribution >= 4 is 18.0 Å². The van der Waals surface area contributed by atoms with E-state index in [0.29, 0.717) is 19.3 Å². The van der Waals surface area contributed by atoms with Crippen molar-refractivity contribution in [1.82, 2.24) is 10.6 Å². The van der Waals surface area contributed by atoms with Gasteiger partial charge in [-0.05, 0) is 60.8 Å². The van der Waals surface area contributed by atoms with Crippen molar-refractivity contribution in [3.63, 3.8) is 0 Å². The highest BCUT2D eigenvalue weighted by molar-refractivity contribution is 5.80. The minimum absolute atomic E-state index is 0.0211. The van der Waals surface area contributed by atoms with Crippen molar-refractivity contribution in [2.45, 2.75) is 57.9 Å². The Morgan fingerprint density at radius 1 is 1.03 bits per heavy atom. The van der Waals surface area contributed by atoms with Crippen LogP contribution in [0.15, 0.2) is 48.5 Å². The topological polar surface area (TPSA) is 105 Å². The van der Waals surface area contributed by atoms with Gasteiger partial charge in [-0.1, -0.05) is 55.5 Å². The second kappa shape index (κ2) is 10.5. The first-order valence-electron chi connectivity index (χ1n) is 12.4. The summed E-state index contributed by atoms with van der Waals surface area (Å²) in [6, 6.07) is 16.4. The van der Waals surface area contributed by atoms with Crippen molar-refractivity contribution in [1.29, 1.82) is 0 Å². The second-order valence-electron chi connectivity index (χ2n) is 10.0. The van der Waals surface area contributed by atoms with Gasteiger partial charge in [0.25, 0.3) is 0 Å². The van der Waals surface area contributed by atoms with Crippen LogP contribution in [0.4, 0.5) is 4.79 Å². The fraction of sp³-hybridized carbons (Fsp3) is 0.464. The zero-order valence-corrected chi connectivity index (χ0v) is 20.4. The molecule has 3 atom stereocenters. The minimum Gasteiger partial charge on any atom is -0.481 e. The molecule has 0 radical (unpaired) electrons. The predicted molar refractivity (Wildman–Crippen MR) is 133 cm³/mol. The Bertz CT molecular complexity index is 1050. The summed E-state index contributed by atoms with van der Waals surface area (Å²) in [6.45, 7) is 3.83. The van der Waals surface area contributed by atoms with E-state index in [4.69, 9.17) is 4.74 Å². The van der Waals surface area contributed by atoms with Crippen LogP contribution in [0, 0.1) is 11.3 Å². The fourth-order valence-corrected chi connectivity index (χ4v) is 5.18. The highest BCUT2D eigenvalue weighted by Gasteiger charge is 2.33. The summed E-state index contributed by atoms with van der Waals surface area (Å²) in [5.41, 5.74) is 3.78. The van der Waals surface area contributed by atoms with E-state index in [1.54, 1.807) is 13.8 Å². The molecule has 7 nitrogen and oxygen atoms in total. The van der Waals surface area contributed by atoms with Gasteiger partial charge < -0.3 is 20.5 Å². The van der Waals surface area contributed by atoms with E-state index in [1.165, 1.54) is 22.3 Å². The number of carbonyl (C=O) groups excluding carboxylic acids is 2. The van der Waals surface area contributed by atoms with Gasteiger partial charge in [0.1, 0.15) is 6.61 Å². The molecular formula is C28H34N2O5. The molecule has 0 spiro atoms. The van der Waals surface area contributed by atoms with Gasteiger partial charge in [0.2, 0.25) is 5.91 Å². The minimum atomic E-state index is -0.959. The van der Waals surface area contributed by atoms with Crippen LogP contribution in [0.3, 0.4) is 0 Å². The van der Waals surface area contributed by atoms with Crippen LogP contribution in [-0.4, -0.2) is 42.3 Å². The molecule has 0 bridgehead atoms. The van der Waals surface area contributed by atoms with E-state index in [2.05, 4.69) is 34.9 Å². The molecule has 0 aromatic heterocycles. The molecule has 2 amide bonds. The first kappa shape index (κ1) is 24.8. The summed E-state index contributed by atoms with van der Waals surface area (Å²) in [5.74, 6) is -0.870. The number of fused-ring (bicyclic) bond motifs is 3. The third-order valence-electron chi connectivity index (χ3n) is 7.65. The van der Waals surface area contributed by atoms with Gasteiger partial charge in [0.15, 0.2) is 0 Å². The van der Waals surface area contributed by atoms with Gasteiger partial charge in [-0.25, -0.2) is 4.79 Å². The molecule has 2 aromatic carbocycles. The molecule has 4 rings (SSSR count). The SMILES string of the molecule is CCC(C)(CNC(=O)CC1CCC(NC(=O)OCC2c3ccccc3-c3ccccc32)C1)C(=O)O. The molecule has 1 saturated carbocycles. The number of amides is 2. The van der Waals surface area contributed by atoms with Gasteiger partial charge in [-0.15, -0.1) is 0 Å². The third-order valence-corrected chi connectivity index (χ3v) is 7.65. The number of aliphatic carboxylic acids is 1. The maximum Gasteiger partial charge on any atom is 0.407 e. The fourth-order valence-electron chi connectivity index (χ4n) is 5.18. The number of hydrogen-bond acceptors (Lipinski definition) is 4. The summed E-state index contributed by atoms with van der Waals surface area (Å²) < 4.78 is 5.64. The number of ether oxygens (including phenoxy) is 1. The molecule has 3 unspecified atom stereocenters. The van der Waals surface area contributed by atoms with Crippen molar-refractivity contribution in [3.05, 3.63) is 59.7 Å². The number of hydrogen-bond donors (Lipinski definition) is 3. The first-order chi connectivity index (χ1) is 16.8. The molecule has 3 N–H and O–H groups in total. The van der Waals surface area contributed by atoms with Gasteiger partial charge >= 0.3 is 12.1 Å². The molecule has 0 saturated heterocycles. The number of carboxylic acid groups (broad SMARTS) is 1. The average Bonchev–Trinajstić information content (AvgIpc) is 3.42. The smallest absolute Gasteiger partial charge is 0.407 e. The molecular weight excluding hydrogens is 444 g/mol. The van der Waals surface area contributed by atoms with Gasteiger partial charge in [-0.2, -0.15) is 0 Å². The largest absolute Gasteiger partial charge is 0.481 e. The lowest BCUT2D eigenvalue weighted by Gasteiger charge is -2.23. The second-order valence-corrected chi connectivity index (χ2v) is 10.0. The van der Waals surface area contributed by atoms with E-state index >= 15 is 0 Å². The van der Waals surface area contributed by atoms with Crippen molar-refractivity contribution in [2.24, 2.45) is 11.3 Å². The average molecular weight is 479 g/mol. The maximum absolute atomic E-state index is 12.6. The van der Waals surface area contributed by atoms with Crippen LogP contribution in [0.5, 0.6) is 0 Å². The highest BCUT2D eigenvalue weighted by Crippen LogP contribution is 2.44. The molecule has 2 aliphatic rings. The van der Waals surface area contributed by atoms with Gasteiger partial charge in [0.05, 0.1) is 5.41 Å². The molecule has 1 fully saturated rings. The van der Waals surface area contributed by atoms with Crippen molar-refractivity contribution < 1.29 is 24.2 Å². The zero-order valence-electron chi connectivity index (χ0n) is 20.4. The normalized spacial score (nSPS) is 20.4. The monoisotopic (exact) mass is 478 g/mol. The lowest BCUT2D eigenvalue weighted by atomic mass is 9.87. The van der Waals surface area contributed by atoms with E-state index in [1.807, 2.05) is 24.3 Å². The lowest BCUT2D eigenvalue weighted by Crippen LogP contribution is -2.41. The Morgan fingerprint density at radius 2 is 1.66 bits per heavy atom. The molecule has 186 valence electrons. The number of alkyl carbamates (subject to hydrolysis) is 1. The van der Waals surface area contributed by atoms with Gasteiger partial charge in [0, 0.05) is 24.9 Å². The quantitative estimate of drug-likeness (QED) is 0.485. The van der Waals surface area contributed by atoms with Crippen LogP contribution in [0.25, 0.3) is 11.1 Å². The summed E-state index contributed by atoms with van der Waals surface area (Å²) >= 11 is 0. The standard InChI is InChI=1S/C28H34N2O5/c1-3-28(2,26(32)33)17-29-25(31)15-18-12-13-19(14-18)30-27(34)35-16-24-22-10-6-4-8-20(22)21-9-5-7-11-23(21)24/h4-11,18-19,24H,3,12-17H2,1-2H3,(H,29,31)(H,30,34)(H,32,33). The zero-order chi connectivity index (χ0) is 25.0. The third kappa shape index (κ3) is 5.50. The van der Waals surface area contributed by atoms with Crippen LogP contribution >= 0.6 is 0 Å². The summed E-state index contributed by atoms with van der Waals surface area (Å²) in [4.78, 5) is 36.3. The molecule has 0 heterocycles. The Balaban J connectivity index is 1.23. The predicted octanol–water partition coefficient (Wildman–Crippen LogP) is 4.70. The van der Waals surface area contributed by atoms with E-state index < -0.39 is 17.5 Å². The number of nitrogens with one attached hydrogen (secondary N) is 2. The van der Waals surface area contributed by atoms with Crippen molar-refractivity contribution in [3.8, 4) is 11.1 Å². The Labute approximate surface area is 206 Å². The highest BCUT2D eigenvalue weighted by atomic mass is 16.5. The molecule has 2 aromatic rings. The number of benzene rings is 2. The summed E-state index contributed by atoms with van der Waals surface area (Å²) in [6.07, 6.45) is 2.69. The van der Waals surface area contributed by atoms with Crippen LogP contribution in [0.1, 0.15) is 63.0 Å². The Morgan fingerprint density at radius 3 is 2.26 bits per heavy atom. The van der Waals surface area contributed by atoms with Crippen LogP contribution in [-0.2, 0) is 14.3 Å². The molecule has 35 heavy (non-hydrogen) atoms. The first-order valence-corrected chi connectivity index (χ1v) is 12.4. The molecule has 2 aliphatic carbocycles. The maximum atomic E-state index is 12.6. The van der Waals surface area contributed by atoms with Crippen molar-refractivity contribution in [2.75, 3.05) is 13.2 Å².